The molecule has 1 aliphatic heterocycles. The SMILES string of the molecule is CCOC(=O)C(CC(C)C)c1cc(-c2ccccc2)cc(C2CCCN(Cc3ccc4ccccc4c3)C2)c1C(F)(F)F. The summed E-state index contributed by atoms with van der Waals surface area (Å²) >= 11 is 0. The molecule has 3 nitrogen and oxygen atoms in total. The van der Waals surface area contributed by atoms with Gasteiger partial charge in [-0.05, 0) is 95.3 Å². The number of carbonyl (C=O) groups is 1. The number of hydrogen-bond acceptors (Lipinski definition) is 3. The Morgan fingerprint density at radius 2 is 1.65 bits per heavy atom. The molecule has 4 aromatic carbocycles. The highest BCUT2D eigenvalue weighted by Crippen LogP contribution is 2.46. The number of benzene rings is 4. The normalized spacial score (nSPS) is 16.9. The van der Waals surface area contributed by atoms with Crippen molar-refractivity contribution in [3.8, 4) is 11.1 Å². The Labute approximate surface area is 252 Å². The Morgan fingerprint density at radius 3 is 2.35 bits per heavy atom. The van der Waals surface area contributed by atoms with Crippen molar-refractivity contribution in [3.63, 3.8) is 0 Å². The number of halogens is 3. The summed E-state index contributed by atoms with van der Waals surface area (Å²) in [4.78, 5) is 15.5. The number of carbonyl (C=O) groups excluding carboxylic acids is 1. The first kappa shape index (κ1) is 30.8. The molecule has 0 spiro atoms. The van der Waals surface area contributed by atoms with E-state index < -0.39 is 23.6 Å². The van der Waals surface area contributed by atoms with E-state index in [1.807, 2.05) is 56.3 Å². The van der Waals surface area contributed by atoms with Crippen molar-refractivity contribution in [1.29, 1.82) is 0 Å². The molecule has 0 amide bonds. The molecule has 1 fully saturated rings. The summed E-state index contributed by atoms with van der Waals surface area (Å²) in [6, 6.07) is 27.4. The molecule has 2 atom stereocenters. The van der Waals surface area contributed by atoms with Gasteiger partial charge in [-0.2, -0.15) is 13.2 Å². The number of ether oxygens (including phenoxy) is 1. The van der Waals surface area contributed by atoms with E-state index in [0.717, 1.165) is 29.5 Å². The number of alkyl halides is 3. The molecule has 6 heteroatoms. The van der Waals surface area contributed by atoms with Gasteiger partial charge in [-0.15, -0.1) is 0 Å². The van der Waals surface area contributed by atoms with Crippen LogP contribution in [-0.4, -0.2) is 30.6 Å². The van der Waals surface area contributed by atoms with Gasteiger partial charge >= 0.3 is 12.1 Å². The van der Waals surface area contributed by atoms with E-state index in [0.29, 0.717) is 25.1 Å². The molecular weight excluding hydrogens is 547 g/mol. The molecule has 0 N–H and O–H groups in total. The predicted molar refractivity (Wildman–Crippen MR) is 167 cm³/mol. The summed E-state index contributed by atoms with van der Waals surface area (Å²) in [5, 5.41) is 2.32. The molecule has 0 bridgehead atoms. The monoisotopic (exact) mass is 587 g/mol. The standard InChI is InChI=1S/C37H40F3NO2/c1-4-43-36(42)34(19-25(2)3)33-22-31(27-11-6-5-7-12-27)21-32(35(33)37(38,39)40)30-15-10-18-41(24-30)23-26-16-17-28-13-8-9-14-29(28)20-26/h5-9,11-14,16-17,20-22,25,30,34H,4,10,15,18-19,23-24H2,1-3H3. The van der Waals surface area contributed by atoms with Crippen LogP contribution in [0.15, 0.2) is 84.9 Å². The lowest BCUT2D eigenvalue weighted by Gasteiger charge is -2.35. The second kappa shape index (κ2) is 13.3. The number of piperidine rings is 1. The van der Waals surface area contributed by atoms with E-state index in [2.05, 4.69) is 35.2 Å². The van der Waals surface area contributed by atoms with Crippen molar-refractivity contribution in [2.24, 2.45) is 5.92 Å². The van der Waals surface area contributed by atoms with Crippen LogP contribution in [-0.2, 0) is 22.3 Å². The average Bonchev–Trinajstić information content (AvgIpc) is 2.99. The molecule has 0 aromatic heterocycles. The minimum absolute atomic E-state index is 0.00597. The number of nitrogens with zero attached hydrogens (tertiary/aromatic N) is 1. The van der Waals surface area contributed by atoms with Gasteiger partial charge < -0.3 is 4.74 Å². The van der Waals surface area contributed by atoms with Gasteiger partial charge in [0, 0.05) is 13.1 Å². The fourth-order valence-electron chi connectivity index (χ4n) is 6.52. The number of esters is 1. The van der Waals surface area contributed by atoms with E-state index >= 15 is 13.2 Å². The molecule has 0 radical (unpaired) electrons. The zero-order valence-corrected chi connectivity index (χ0v) is 25.2. The van der Waals surface area contributed by atoms with Gasteiger partial charge in [0.05, 0.1) is 18.1 Å². The number of fused-ring (bicyclic) bond motifs is 1. The third-order valence-electron chi connectivity index (χ3n) is 8.41. The van der Waals surface area contributed by atoms with Crippen LogP contribution in [0.1, 0.15) is 74.1 Å². The topological polar surface area (TPSA) is 29.5 Å². The smallest absolute Gasteiger partial charge is 0.416 e. The van der Waals surface area contributed by atoms with Crippen LogP contribution >= 0.6 is 0 Å². The fraction of sp³-hybridized carbons (Fsp3) is 0.378. The third kappa shape index (κ3) is 7.30. The van der Waals surface area contributed by atoms with Crippen LogP contribution in [0, 0.1) is 5.92 Å². The molecule has 0 aliphatic carbocycles. The largest absolute Gasteiger partial charge is 0.466 e. The third-order valence-corrected chi connectivity index (χ3v) is 8.41. The molecule has 4 aromatic rings. The second-order valence-corrected chi connectivity index (χ2v) is 12.1. The van der Waals surface area contributed by atoms with Gasteiger partial charge in [-0.25, -0.2) is 0 Å². The molecule has 1 aliphatic rings. The maximum absolute atomic E-state index is 15.2. The maximum atomic E-state index is 15.2. The van der Waals surface area contributed by atoms with Crippen LogP contribution < -0.4 is 0 Å². The first-order chi connectivity index (χ1) is 20.6. The lowest BCUT2D eigenvalue weighted by molar-refractivity contribution is -0.146. The molecule has 5 rings (SSSR count). The van der Waals surface area contributed by atoms with Crippen LogP contribution in [0.4, 0.5) is 13.2 Å². The summed E-state index contributed by atoms with van der Waals surface area (Å²) < 4.78 is 50.9. The van der Waals surface area contributed by atoms with Gasteiger partial charge in [0.15, 0.2) is 0 Å². The van der Waals surface area contributed by atoms with Crippen molar-refractivity contribution >= 4 is 16.7 Å². The van der Waals surface area contributed by atoms with Gasteiger partial charge in [-0.3, -0.25) is 9.69 Å². The quantitative estimate of drug-likeness (QED) is 0.183. The van der Waals surface area contributed by atoms with Crippen molar-refractivity contribution in [1.82, 2.24) is 4.90 Å². The summed E-state index contributed by atoms with van der Waals surface area (Å²) in [7, 11) is 0. The van der Waals surface area contributed by atoms with Crippen molar-refractivity contribution < 1.29 is 22.7 Å². The fourth-order valence-corrected chi connectivity index (χ4v) is 6.52. The van der Waals surface area contributed by atoms with Crippen molar-refractivity contribution in [2.45, 2.75) is 64.6 Å². The van der Waals surface area contributed by atoms with Gasteiger partial charge in [0.2, 0.25) is 0 Å². The van der Waals surface area contributed by atoms with Crippen LogP contribution in [0.3, 0.4) is 0 Å². The summed E-state index contributed by atoms with van der Waals surface area (Å²) in [5.74, 6) is -1.92. The molecule has 1 heterocycles. The Hall–Kier alpha value is -3.64. The van der Waals surface area contributed by atoms with Crippen molar-refractivity contribution in [2.75, 3.05) is 19.7 Å². The number of rotatable bonds is 9. The van der Waals surface area contributed by atoms with E-state index in [1.54, 1.807) is 19.1 Å². The maximum Gasteiger partial charge on any atom is 0.416 e. The van der Waals surface area contributed by atoms with E-state index in [9.17, 15) is 4.79 Å². The first-order valence-electron chi connectivity index (χ1n) is 15.3. The van der Waals surface area contributed by atoms with Crippen molar-refractivity contribution in [3.05, 3.63) is 107 Å². The summed E-state index contributed by atoms with van der Waals surface area (Å²) in [5.41, 5.74) is 2.32. The first-order valence-corrected chi connectivity index (χ1v) is 15.3. The Kier molecular flexibility index (Phi) is 9.55. The second-order valence-electron chi connectivity index (χ2n) is 12.1. The zero-order valence-electron chi connectivity index (χ0n) is 25.2. The van der Waals surface area contributed by atoms with E-state index in [1.165, 1.54) is 5.39 Å². The number of hydrogen-bond donors (Lipinski definition) is 0. The Morgan fingerprint density at radius 1 is 0.930 bits per heavy atom. The molecule has 1 saturated heterocycles. The minimum Gasteiger partial charge on any atom is -0.466 e. The average molecular weight is 588 g/mol. The number of likely N-dealkylation sites (tertiary alicyclic amines) is 1. The highest BCUT2D eigenvalue weighted by atomic mass is 19.4. The molecule has 226 valence electrons. The van der Waals surface area contributed by atoms with E-state index in [4.69, 9.17) is 4.74 Å². The van der Waals surface area contributed by atoms with Crippen LogP contribution in [0.5, 0.6) is 0 Å². The van der Waals surface area contributed by atoms with E-state index in [-0.39, 0.29) is 36.0 Å². The van der Waals surface area contributed by atoms with Gasteiger partial charge in [0.25, 0.3) is 0 Å². The Bertz CT molecular complexity index is 1550. The lowest BCUT2D eigenvalue weighted by Crippen LogP contribution is -2.35. The molecule has 0 saturated carbocycles. The molecular formula is C37H40F3NO2. The predicted octanol–water partition coefficient (Wildman–Crippen LogP) is 9.60. The van der Waals surface area contributed by atoms with Crippen LogP contribution in [0.2, 0.25) is 0 Å². The summed E-state index contributed by atoms with van der Waals surface area (Å²) in [6.45, 7) is 7.67. The van der Waals surface area contributed by atoms with Crippen LogP contribution in [0.25, 0.3) is 21.9 Å². The highest BCUT2D eigenvalue weighted by molar-refractivity contribution is 5.83. The highest BCUT2D eigenvalue weighted by Gasteiger charge is 2.42. The van der Waals surface area contributed by atoms with Gasteiger partial charge in [0.1, 0.15) is 0 Å². The Balaban J connectivity index is 1.59. The lowest BCUT2D eigenvalue weighted by atomic mass is 9.78. The van der Waals surface area contributed by atoms with Gasteiger partial charge in [-0.1, -0.05) is 86.6 Å². The zero-order chi connectivity index (χ0) is 30.6. The minimum atomic E-state index is -4.62. The summed E-state index contributed by atoms with van der Waals surface area (Å²) in [6.07, 6.45) is -2.89. The molecule has 2 unspecified atom stereocenters. The molecule has 43 heavy (non-hydrogen) atoms.